The van der Waals surface area contributed by atoms with Gasteiger partial charge in [-0.05, 0) is 17.7 Å². The summed E-state index contributed by atoms with van der Waals surface area (Å²) in [5, 5.41) is 0. The van der Waals surface area contributed by atoms with Gasteiger partial charge in [0.25, 0.3) is 0 Å². The maximum atomic E-state index is 12.5. The van der Waals surface area contributed by atoms with Gasteiger partial charge in [0.15, 0.2) is 11.5 Å². The molecule has 1 heterocycles. The Morgan fingerprint density at radius 2 is 1.72 bits per heavy atom. The summed E-state index contributed by atoms with van der Waals surface area (Å²) in [5.74, 6) is 1.25. The van der Waals surface area contributed by atoms with Crippen molar-refractivity contribution >= 4 is 12.0 Å². The fourth-order valence-electron chi connectivity index (χ4n) is 2.64. The molecule has 0 radical (unpaired) electrons. The van der Waals surface area contributed by atoms with Crippen molar-refractivity contribution in [2.24, 2.45) is 0 Å². The van der Waals surface area contributed by atoms with Gasteiger partial charge in [-0.15, -0.1) is 0 Å². The third-order valence-electron chi connectivity index (χ3n) is 4.02. The number of nitrogens with zero attached hydrogens (tertiary/aromatic N) is 2. The Kier molecular flexibility index (Phi) is 6.68. The number of piperazine rings is 1. The molecular formula is C18H24N2O5. The van der Waals surface area contributed by atoms with Gasteiger partial charge < -0.3 is 24.0 Å². The number of carbonyl (C=O) groups excluding carboxylic acids is 2. The van der Waals surface area contributed by atoms with E-state index in [4.69, 9.17) is 14.2 Å². The van der Waals surface area contributed by atoms with Crippen molar-refractivity contribution in [3.8, 4) is 11.5 Å². The van der Waals surface area contributed by atoms with E-state index < -0.39 is 0 Å². The third kappa shape index (κ3) is 4.89. The molecule has 2 amide bonds. The number of hydrogen-bond donors (Lipinski definition) is 0. The highest BCUT2D eigenvalue weighted by molar-refractivity contribution is 5.79. The lowest BCUT2D eigenvalue weighted by Crippen LogP contribution is -2.51. The molecule has 1 aliphatic rings. The van der Waals surface area contributed by atoms with E-state index in [-0.39, 0.29) is 25.0 Å². The zero-order valence-electron chi connectivity index (χ0n) is 14.7. The first-order valence-corrected chi connectivity index (χ1v) is 8.10. The van der Waals surface area contributed by atoms with Gasteiger partial charge in [0.1, 0.15) is 6.61 Å². The first-order chi connectivity index (χ1) is 12.1. The molecule has 0 unspecified atom stereocenters. The van der Waals surface area contributed by atoms with Crippen molar-refractivity contribution < 1.29 is 23.8 Å². The predicted octanol–water partition coefficient (Wildman–Crippen LogP) is 1.71. The average Bonchev–Trinajstić information content (AvgIpc) is 2.66. The number of benzene rings is 1. The van der Waals surface area contributed by atoms with Crippen LogP contribution in [0.15, 0.2) is 30.9 Å². The summed E-state index contributed by atoms with van der Waals surface area (Å²) in [6.45, 7) is 5.62. The first kappa shape index (κ1) is 18.6. The molecule has 0 aromatic heterocycles. The van der Waals surface area contributed by atoms with Gasteiger partial charge in [0, 0.05) is 26.2 Å². The van der Waals surface area contributed by atoms with Crippen LogP contribution in [0, 0.1) is 0 Å². The van der Waals surface area contributed by atoms with E-state index in [0.29, 0.717) is 37.7 Å². The quantitative estimate of drug-likeness (QED) is 0.732. The third-order valence-corrected chi connectivity index (χ3v) is 4.02. The second-order valence-electron chi connectivity index (χ2n) is 5.60. The Labute approximate surface area is 147 Å². The van der Waals surface area contributed by atoms with E-state index in [2.05, 4.69) is 6.58 Å². The molecular weight excluding hydrogens is 324 g/mol. The van der Waals surface area contributed by atoms with E-state index in [0.717, 1.165) is 5.56 Å². The van der Waals surface area contributed by atoms with Crippen molar-refractivity contribution in [2.45, 2.75) is 6.42 Å². The van der Waals surface area contributed by atoms with E-state index >= 15 is 0 Å². The molecule has 7 nitrogen and oxygen atoms in total. The van der Waals surface area contributed by atoms with Crippen LogP contribution in [0.4, 0.5) is 4.79 Å². The molecule has 2 rings (SSSR count). The maximum absolute atomic E-state index is 12.5. The molecule has 0 aliphatic carbocycles. The highest BCUT2D eigenvalue weighted by atomic mass is 16.6. The highest BCUT2D eigenvalue weighted by Crippen LogP contribution is 2.27. The molecule has 0 bridgehead atoms. The van der Waals surface area contributed by atoms with Gasteiger partial charge in [0.05, 0.1) is 20.6 Å². The lowest BCUT2D eigenvalue weighted by Gasteiger charge is -2.34. The van der Waals surface area contributed by atoms with Crippen molar-refractivity contribution in [1.29, 1.82) is 0 Å². The van der Waals surface area contributed by atoms with Crippen LogP contribution in [0.1, 0.15) is 5.56 Å². The van der Waals surface area contributed by atoms with Crippen LogP contribution in [-0.2, 0) is 16.0 Å². The molecule has 1 aromatic rings. The summed E-state index contributed by atoms with van der Waals surface area (Å²) >= 11 is 0. The van der Waals surface area contributed by atoms with Crippen LogP contribution in [-0.4, -0.2) is 68.8 Å². The first-order valence-electron chi connectivity index (χ1n) is 8.10. The molecule has 1 aliphatic heterocycles. The van der Waals surface area contributed by atoms with Crippen LogP contribution in [0.3, 0.4) is 0 Å². The van der Waals surface area contributed by atoms with Crippen molar-refractivity contribution in [3.63, 3.8) is 0 Å². The number of methoxy groups -OCH3 is 2. The van der Waals surface area contributed by atoms with Crippen molar-refractivity contribution in [1.82, 2.24) is 9.80 Å². The topological polar surface area (TPSA) is 68.3 Å². The maximum Gasteiger partial charge on any atom is 0.410 e. The van der Waals surface area contributed by atoms with Crippen LogP contribution < -0.4 is 9.47 Å². The average molecular weight is 348 g/mol. The van der Waals surface area contributed by atoms with Gasteiger partial charge in [-0.3, -0.25) is 4.79 Å². The fourth-order valence-corrected chi connectivity index (χ4v) is 2.64. The Morgan fingerprint density at radius 3 is 2.32 bits per heavy atom. The minimum Gasteiger partial charge on any atom is -0.493 e. The molecule has 1 aromatic carbocycles. The van der Waals surface area contributed by atoms with Gasteiger partial charge in [-0.2, -0.15) is 0 Å². The van der Waals surface area contributed by atoms with E-state index in [1.165, 1.54) is 6.08 Å². The molecule has 136 valence electrons. The number of rotatable bonds is 6. The Bertz CT molecular complexity index is 624. The van der Waals surface area contributed by atoms with Crippen molar-refractivity contribution in [2.75, 3.05) is 47.0 Å². The lowest BCUT2D eigenvalue weighted by atomic mass is 10.1. The monoisotopic (exact) mass is 348 g/mol. The lowest BCUT2D eigenvalue weighted by molar-refractivity contribution is -0.132. The Morgan fingerprint density at radius 1 is 1.08 bits per heavy atom. The summed E-state index contributed by atoms with van der Waals surface area (Å²) in [6.07, 6.45) is 1.44. The van der Waals surface area contributed by atoms with Gasteiger partial charge >= 0.3 is 6.09 Å². The molecule has 25 heavy (non-hydrogen) atoms. The minimum atomic E-state index is -0.369. The predicted molar refractivity (Wildman–Crippen MR) is 92.9 cm³/mol. The Balaban J connectivity index is 1.88. The molecule has 0 N–H and O–H groups in total. The van der Waals surface area contributed by atoms with Crippen LogP contribution >= 0.6 is 0 Å². The zero-order chi connectivity index (χ0) is 18.2. The summed E-state index contributed by atoms with van der Waals surface area (Å²) in [6, 6.07) is 5.44. The van der Waals surface area contributed by atoms with Gasteiger partial charge in [-0.1, -0.05) is 18.7 Å². The molecule has 7 heteroatoms. The molecule has 0 spiro atoms. The number of amides is 2. The van der Waals surface area contributed by atoms with Crippen LogP contribution in [0.25, 0.3) is 0 Å². The smallest absolute Gasteiger partial charge is 0.410 e. The van der Waals surface area contributed by atoms with Crippen LogP contribution in [0.2, 0.25) is 0 Å². The zero-order valence-corrected chi connectivity index (χ0v) is 14.7. The normalized spacial score (nSPS) is 14.0. The summed E-state index contributed by atoms with van der Waals surface area (Å²) < 4.78 is 15.5. The SMILES string of the molecule is C=CCOC(=O)N1CCN(C(=O)Cc2ccc(OC)c(OC)c2)CC1. The standard InChI is InChI=1S/C18H24N2O5/c1-4-11-25-18(22)20-9-7-19(8-10-20)17(21)13-14-5-6-15(23-2)16(12-14)24-3/h4-6,12H,1,7-11,13H2,2-3H3. The molecule has 0 atom stereocenters. The number of carbonyl (C=O) groups is 2. The van der Waals surface area contributed by atoms with E-state index in [9.17, 15) is 9.59 Å². The van der Waals surface area contributed by atoms with Gasteiger partial charge in [0.2, 0.25) is 5.91 Å². The second-order valence-corrected chi connectivity index (χ2v) is 5.60. The summed E-state index contributed by atoms with van der Waals surface area (Å²) in [7, 11) is 3.14. The van der Waals surface area contributed by atoms with Crippen LogP contribution in [0.5, 0.6) is 11.5 Å². The largest absolute Gasteiger partial charge is 0.493 e. The fraction of sp³-hybridized carbons (Fsp3) is 0.444. The molecule has 0 saturated carbocycles. The summed E-state index contributed by atoms with van der Waals surface area (Å²) in [4.78, 5) is 27.6. The number of ether oxygens (including phenoxy) is 3. The van der Waals surface area contributed by atoms with E-state index in [1.54, 1.807) is 36.2 Å². The minimum absolute atomic E-state index is 0.0197. The van der Waals surface area contributed by atoms with Gasteiger partial charge in [-0.25, -0.2) is 4.79 Å². The second kappa shape index (κ2) is 8.96. The Hall–Kier alpha value is -2.70. The highest BCUT2D eigenvalue weighted by Gasteiger charge is 2.25. The summed E-state index contributed by atoms with van der Waals surface area (Å²) in [5.41, 5.74) is 0.857. The molecule has 1 fully saturated rings. The molecule has 1 saturated heterocycles. The van der Waals surface area contributed by atoms with Crippen molar-refractivity contribution in [3.05, 3.63) is 36.4 Å². The number of hydrogen-bond acceptors (Lipinski definition) is 5. The van der Waals surface area contributed by atoms with E-state index in [1.807, 2.05) is 6.07 Å².